The van der Waals surface area contributed by atoms with Crippen LogP contribution >= 0.6 is 37.2 Å². The Morgan fingerprint density at radius 1 is 1.00 bits per heavy atom. The summed E-state index contributed by atoms with van der Waals surface area (Å²) < 4.78 is -1.23. The van der Waals surface area contributed by atoms with Crippen LogP contribution < -0.4 is 0 Å². The first-order valence-electron chi connectivity index (χ1n) is 5.43. The van der Waals surface area contributed by atoms with E-state index in [0.29, 0.717) is 0 Å². The minimum atomic E-state index is -1.23. The zero-order chi connectivity index (χ0) is 11.9. The van der Waals surface area contributed by atoms with E-state index in [-0.39, 0.29) is 0 Å². The van der Waals surface area contributed by atoms with Gasteiger partial charge in [-0.15, -0.1) is 33.6 Å². The van der Waals surface area contributed by atoms with E-state index >= 15 is 0 Å². The molecule has 0 aromatic rings. The summed E-state index contributed by atoms with van der Waals surface area (Å²) in [4.78, 5) is 0. The Morgan fingerprint density at radius 3 is 1.67 bits per heavy atom. The lowest BCUT2D eigenvalue weighted by Crippen LogP contribution is -2.12. The molecule has 0 atom stereocenters. The topological polar surface area (TPSA) is 0 Å². The highest BCUT2D eigenvalue weighted by molar-refractivity contribution is 9.26. The maximum Gasteiger partial charge on any atom is 0.116 e. The van der Waals surface area contributed by atoms with Gasteiger partial charge >= 0.3 is 0 Å². The molecule has 0 aliphatic heterocycles. The molecule has 0 aromatic carbocycles. The third-order valence-electron chi connectivity index (χ3n) is 1.29. The molecule has 0 radical (unpaired) electrons. The predicted molar refractivity (Wildman–Crippen MR) is 90.7 cm³/mol. The summed E-state index contributed by atoms with van der Waals surface area (Å²) in [7, 11) is 1.10. The largest absolute Gasteiger partial charge is 0.130 e. The van der Waals surface area contributed by atoms with Crippen LogP contribution in [-0.4, -0.2) is 18.7 Å². The highest BCUT2D eigenvalue weighted by Crippen LogP contribution is 2.80. The lowest BCUT2D eigenvalue weighted by Gasteiger charge is -2.26. The van der Waals surface area contributed by atoms with Crippen molar-refractivity contribution in [1.29, 1.82) is 0 Å². The molecule has 0 fully saturated rings. The molecule has 0 aliphatic rings. The Balaban J connectivity index is 4.34. The SMILES string of the molecule is CCCSP(=S)(SCCC)S[Si](C)(C)C. The molecule has 0 rings (SSSR count). The van der Waals surface area contributed by atoms with E-state index in [9.17, 15) is 0 Å². The Kier molecular flexibility index (Phi) is 9.13. The van der Waals surface area contributed by atoms with Gasteiger partial charge in [0.2, 0.25) is 0 Å². The van der Waals surface area contributed by atoms with Gasteiger partial charge in [-0.25, -0.2) is 0 Å². The molecule has 0 aliphatic carbocycles. The second kappa shape index (κ2) is 8.10. The van der Waals surface area contributed by atoms with Crippen molar-refractivity contribution in [2.45, 2.75) is 46.3 Å². The molecule has 15 heavy (non-hydrogen) atoms. The molecule has 0 heterocycles. The first-order valence-corrected chi connectivity index (χ1v) is 17.1. The molecule has 0 aromatic heterocycles. The van der Waals surface area contributed by atoms with Crippen LogP contribution in [0.4, 0.5) is 0 Å². The van der Waals surface area contributed by atoms with Gasteiger partial charge in [-0.3, -0.25) is 0 Å². The minimum Gasteiger partial charge on any atom is -0.130 e. The molecule has 0 saturated heterocycles. The summed E-state index contributed by atoms with van der Waals surface area (Å²) in [6.07, 6.45) is 2.50. The van der Waals surface area contributed by atoms with Gasteiger partial charge < -0.3 is 0 Å². The molecule has 6 heteroatoms. The van der Waals surface area contributed by atoms with Crippen molar-refractivity contribution >= 4 is 56.3 Å². The molecule has 0 saturated carbocycles. The van der Waals surface area contributed by atoms with Gasteiger partial charge in [-0.05, 0) is 24.3 Å². The van der Waals surface area contributed by atoms with E-state index in [1.54, 1.807) is 0 Å². The molecule has 92 valence electrons. The van der Waals surface area contributed by atoms with Gasteiger partial charge in [0, 0.05) is 0 Å². The number of hydrogen-bond donors (Lipinski definition) is 0. The standard InChI is InChI=1S/C9H23PS4Si/c1-6-8-12-10(11,13-9-7-2)14-15(3,4)5/h6-9H2,1-5H3. The van der Waals surface area contributed by atoms with E-state index in [1.807, 2.05) is 0 Å². The van der Waals surface area contributed by atoms with Crippen LogP contribution in [0.3, 0.4) is 0 Å². The highest BCUT2D eigenvalue weighted by atomic mass is 33.5. The molecular formula is C9H23PS4Si. The summed E-state index contributed by atoms with van der Waals surface area (Å²) in [6, 6.07) is 0. The zero-order valence-electron chi connectivity index (χ0n) is 10.4. The van der Waals surface area contributed by atoms with E-state index < -0.39 is 10.9 Å². The third kappa shape index (κ3) is 9.60. The van der Waals surface area contributed by atoms with Crippen molar-refractivity contribution in [3.8, 4) is 0 Å². The van der Waals surface area contributed by atoms with Crippen molar-refractivity contribution in [1.82, 2.24) is 0 Å². The summed E-state index contributed by atoms with van der Waals surface area (Å²) in [5, 5.41) is 0. The fourth-order valence-electron chi connectivity index (χ4n) is 0.832. The second-order valence-electron chi connectivity index (χ2n) is 4.32. The van der Waals surface area contributed by atoms with Crippen LogP contribution in [-0.2, 0) is 11.8 Å². The average Bonchev–Trinajstić information content (AvgIpc) is 2.09. The average molecular weight is 319 g/mol. The van der Waals surface area contributed by atoms with Crippen LogP contribution in [0.25, 0.3) is 0 Å². The van der Waals surface area contributed by atoms with Crippen molar-refractivity contribution in [3.63, 3.8) is 0 Å². The van der Waals surface area contributed by atoms with Crippen molar-refractivity contribution < 1.29 is 0 Å². The molecule has 0 bridgehead atoms. The van der Waals surface area contributed by atoms with Gasteiger partial charge in [0.1, 0.15) is 10.9 Å². The summed E-state index contributed by atoms with van der Waals surface area (Å²) in [5.74, 6) is 2.48. The quantitative estimate of drug-likeness (QED) is 0.393. The Labute approximate surface area is 113 Å². The van der Waals surface area contributed by atoms with E-state index in [2.05, 4.69) is 67.1 Å². The first kappa shape index (κ1) is 16.9. The summed E-state index contributed by atoms with van der Waals surface area (Å²) in [5.41, 5.74) is 0. The molecular weight excluding hydrogens is 295 g/mol. The van der Waals surface area contributed by atoms with Crippen LogP contribution in [0.1, 0.15) is 26.7 Å². The number of rotatable bonds is 8. The van der Waals surface area contributed by atoms with Crippen LogP contribution in [0.5, 0.6) is 0 Å². The third-order valence-corrected chi connectivity index (χ3v) is 27.9. The number of hydrogen-bond acceptors (Lipinski definition) is 4. The first-order chi connectivity index (χ1) is 6.83. The maximum absolute atomic E-state index is 5.92. The molecule has 0 nitrogen and oxygen atoms in total. The van der Waals surface area contributed by atoms with Gasteiger partial charge in [0.15, 0.2) is 0 Å². The summed E-state index contributed by atoms with van der Waals surface area (Å²) in [6.45, 7) is 11.7. The van der Waals surface area contributed by atoms with Crippen LogP contribution in [0.2, 0.25) is 19.6 Å². The second-order valence-corrected chi connectivity index (χ2v) is 29.1. The normalized spacial score (nSPS) is 13.1. The van der Waals surface area contributed by atoms with Crippen molar-refractivity contribution in [3.05, 3.63) is 0 Å². The highest BCUT2D eigenvalue weighted by Gasteiger charge is 2.27. The zero-order valence-corrected chi connectivity index (χ0v) is 15.6. The van der Waals surface area contributed by atoms with Crippen LogP contribution in [0.15, 0.2) is 0 Å². The van der Waals surface area contributed by atoms with Gasteiger partial charge in [-0.1, -0.05) is 45.3 Å². The molecule has 0 spiro atoms. The molecule has 0 unspecified atom stereocenters. The van der Waals surface area contributed by atoms with Gasteiger partial charge in [0.25, 0.3) is 0 Å². The maximum atomic E-state index is 5.92. The van der Waals surface area contributed by atoms with Crippen molar-refractivity contribution in [2.24, 2.45) is 0 Å². The fourth-order valence-corrected chi connectivity index (χ4v) is 40.1. The van der Waals surface area contributed by atoms with E-state index in [1.165, 1.54) is 24.3 Å². The van der Waals surface area contributed by atoms with E-state index in [4.69, 9.17) is 11.8 Å². The van der Waals surface area contributed by atoms with Crippen LogP contribution in [0, 0.1) is 0 Å². The lowest BCUT2D eigenvalue weighted by atomic mass is 10.6. The molecule has 0 N–H and O–H groups in total. The lowest BCUT2D eigenvalue weighted by molar-refractivity contribution is 1.11. The summed E-state index contributed by atoms with van der Waals surface area (Å²) >= 11 is 10.1. The van der Waals surface area contributed by atoms with Crippen molar-refractivity contribution in [2.75, 3.05) is 11.5 Å². The smallest absolute Gasteiger partial charge is 0.116 e. The monoisotopic (exact) mass is 318 g/mol. The predicted octanol–water partition coefficient (Wildman–Crippen LogP) is 6.07. The van der Waals surface area contributed by atoms with E-state index in [0.717, 1.165) is 0 Å². The van der Waals surface area contributed by atoms with Gasteiger partial charge in [0.05, 0.1) is 0 Å². The molecule has 0 amide bonds. The Bertz CT molecular complexity index is 203. The Hall–Kier alpha value is 1.92. The van der Waals surface area contributed by atoms with Gasteiger partial charge in [-0.2, -0.15) is 0 Å². The Morgan fingerprint density at radius 2 is 1.40 bits per heavy atom. The minimum absolute atomic E-state index is 1.07. The fraction of sp³-hybridized carbons (Fsp3) is 1.00.